The van der Waals surface area contributed by atoms with E-state index >= 15 is 0 Å². The summed E-state index contributed by atoms with van der Waals surface area (Å²) in [4.78, 5) is 26.0. The molecule has 0 aromatic heterocycles. The van der Waals surface area contributed by atoms with Gasteiger partial charge in [0.2, 0.25) is 0 Å². The normalized spacial score (nSPS) is 16.2. The maximum atomic E-state index is 12.7. The molecule has 0 spiro atoms. The molecule has 166 valence electrons. The third-order valence-electron chi connectivity index (χ3n) is 5.57. The second-order valence-corrected chi connectivity index (χ2v) is 7.96. The van der Waals surface area contributed by atoms with Gasteiger partial charge in [0.1, 0.15) is 6.54 Å². The van der Waals surface area contributed by atoms with E-state index in [2.05, 4.69) is 17.4 Å². The van der Waals surface area contributed by atoms with Crippen molar-refractivity contribution in [2.45, 2.75) is 46.2 Å². The lowest BCUT2D eigenvalue weighted by Crippen LogP contribution is -3.13. The van der Waals surface area contributed by atoms with E-state index in [4.69, 9.17) is 9.47 Å². The zero-order valence-corrected chi connectivity index (χ0v) is 18.7. The molecule has 1 aliphatic heterocycles. The molecular weight excluding hydrogens is 392 g/mol. The number of carbonyl (C=O) groups excluding carboxylic acids is 2. The third kappa shape index (κ3) is 6.31. The van der Waals surface area contributed by atoms with E-state index in [1.54, 1.807) is 0 Å². The number of ketones is 1. The van der Waals surface area contributed by atoms with Crippen LogP contribution in [-0.2, 0) is 29.0 Å². The minimum absolute atomic E-state index is 0.0268. The molecule has 1 heterocycles. The molecule has 2 N–H and O–H groups in total. The molecule has 0 saturated heterocycles. The summed E-state index contributed by atoms with van der Waals surface area (Å²) in [6.07, 6.45) is 1.39. The molecule has 6 heteroatoms. The average Bonchev–Trinajstić information content (AvgIpc) is 2.75. The quantitative estimate of drug-likeness (QED) is 0.609. The van der Waals surface area contributed by atoms with Gasteiger partial charge in [0.25, 0.3) is 5.91 Å². The Morgan fingerprint density at radius 1 is 1.03 bits per heavy atom. The molecule has 1 aliphatic rings. The van der Waals surface area contributed by atoms with Crippen LogP contribution in [0.1, 0.15) is 37.5 Å². The van der Waals surface area contributed by atoms with E-state index in [1.807, 2.05) is 44.2 Å². The van der Waals surface area contributed by atoms with Crippen molar-refractivity contribution in [1.82, 2.24) is 5.32 Å². The van der Waals surface area contributed by atoms with Crippen molar-refractivity contribution >= 4 is 11.7 Å². The van der Waals surface area contributed by atoms with Crippen LogP contribution in [0.5, 0.6) is 11.5 Å². The van der Waals surface area contributed by atoms with Crippen LogP contribution in [-0.4, -0.2) is 44.0 Å². The summed E-state index contributed by atoms with van der Waals surface area (Å²) in [6.45, 7) is 8.58. The SMILES string of the molecule is CCOc1cc2c(cc1OCC)C[NH+](CC(=O)N[C@@H](Cc1ccccc1)C(C)=O)CC2. The fourth-order valence-electron chi connectivity index (χ4n) is 4.02. The van der Waals surface area contributed by atoms with Gasteiger partial charge in [-0.25, -0.2) is 0 Å². The van der Waals surface area contributed by atoms with Gasteiger partial charge in [-0.15, -0.1) is 0 Å². The van der Waals surface area contributed by atoms with Crippen molar-refractivity contribution < 1.29 is 24.0 Å². The van der Waals surface area contributed by atoms with Gasteiger partial charge in [0.05, 0.1) is 25.8 Å². The van der Waals surface area contributed by atoms with Crippen LogP contribution < -0.4 is 19.7 Å². The number of carbonyl (C=O) groups is 2. The number of benzene rings is 2. The van der Waals surface area contributed by atoms with Gasteiger partial charge in [0.15, 0.2) is 23.8 Å². The largest absolute Gasteiger partial charge is 0.490 e. The van der Waals surface area contributed by atoms with E-state index in [-0.39, 0.29) is 11.7 Å². The van der Waals surface area contributed by atoms with E-state index < -0.39 is 6.04 Å². The molecule has 0 bridgehead atoms. The Bertz CT molecular complexity index is 898. The summed E-state index contributed by atoms with van der Waals surface area (Å²) in [6, 6.07) is 13.4. The maximum Gasteiger partial charge on any atom is 0.275 e. The molecule has 0 radical (unpaired) electrons. The highest BCUT2D eigenvalue weighted by Crippen LogP contribution is 2.32. The maximum absolute atomic E-state index is 12.7. The van der Waals surface area contributed by atoms with Crippen molar-refractivity contribution in [2.24, 2.45) is 0 Å². The zero-order chi connectivity index (χ0) is 22.2. The lowest BCUT2D eigenvalue weighted by Gasteiger charge is -2.27. The number of nitrogens with one attached hydrogen (secondary N) is 2. The van der Waals surface area contributed by atoms with Crippen molar-refractivity contribution in [3.8, 4) is 11.5 Å². The van der Waals surface area contributed by atoms with Crippen LogP contribution in [0.2, 0.25) is 0 Å². The first-order valence-electron chi connectivity index (χ1n) is 11.1. The highest BCUT2D eigenvalue weighted by atomic mass is 16.5. The molecule has 2 aromatic rings. The molecule has 3 rings (SSSR count). The fraction of sp³-hybridized carbons (Fsp3) is 0.440. The van der Waals surface area contributed by atoms with Gasteiger partial charge in [-0.05, 0) is 50.5 Å². The van der Waals surface area contributed by atoms with Crippen molar-refractivity contribution in [2.75, 3.05) is 26.3 Å². The molecule has 2 aromatic carbocycles. The van der Waals surface area contributed by atoms with E-state index in [0.717, 1.165) is 36.6 Å². The average molecular weight is 426 g/mol. The topological polar surface area (TPSA) is 69.1 Å². The monoisotopic (exact) mass is 425 g/mol. The Morgan fingerprint density at radius 3 is 2.29 bits per heavy atom. The van der Waals surface area contributed by atoms with Gasteiger partial charge in [-0.2, -0.15) is 0 Å². The summed E-state index contributed by atoms with van der Waals surface area (Å²) < 4.78 is 11.5. The van der Waals surface area contributed by atoms with Crippen molar-refractivity contribution in [3.63, 3.8) is 0 Å². The molecule has 1 amide bonds. The van der Waals surface area contributed by atoms with Crippen LogP contribution in [0.4, 0.5) is 0 Å². The Hall–Kier alpha value is -2.86. The standard InChI is InChI=1S/C25H32N2O4/c1-4-30-23-14-20-11-12-27(16-21(20)15-24(23)31-5-2)17-25(29)26-22(18(3)28)13-19-9-7-6-8-10-19/h6-10,14-15,22H,4-5,11-13,16-17H2,1-3H3,(H,26,29)/p+1/t22-/m0/s1. The van der Waals surface area contributed by atoms with Crippen LogP contribution in [0.3, 0.4) is 0 Å². The molecule has 0 saturated carbocycles. The second kappa shape index (κ2) is 11.0. The summed E-state index contributed by atoms with van der Waals surface area (Å²) in [7, 11) is 0. The third-order valence-corrected chi connectivity index (χ3v) is 5.57. The molecular formula is C25H33N2O4+. The van der Waals surface area contributed by atoms with Gasteiger partial charge in [-0.3, -0.25) is 9.59 Å². The number of ether oxygens (including phenoxy) is 2. The molecule has 6 nitrogen and oxygen atoms in total. The van der Waals surface area contributed by atoms with Crippen molar-refractivity contribution in [3.05, 3.63) is 59.2 Å². The van der Waals surface area contributed by atoms with E-state index in [9.17, 15) is 9.59 Å². The first-order chi connectivity index (χ1) is 15.0. The second-order valence-electron chi connectivity index (χ2n) is 7.96. The Morgan fingerprint density at radius 2 is 1.68 bits per heavy atom. The fourth-order valence-corrected chi connectivity index (χ4v) is 4.02. The van der Waals surface area contributed by atoms with Gasteiger partial charge < -0.3 is 19.7 Å². The highest BCUT2D eigenvalue weighted by molar-refractivity contribution is 5.88. The van der Waals surface area contributed by atoms with Gasteiger partial charge >= 0.3 is 0 Å². The summed E-state index contributed by atoms with van der Waals surface area (Å²) in [5, 5.41) is 2.94. The number of fused-ring (bicyclic) bond motifs is 1. The van der Waals surface area contributed by atoms with Crippen molar-refractivity contribution in [1.29, 1.82) is 0 Å². The first kappa shape index (κ1) is 22.8. The van der Waals surface area contributed by atoms with Crippen LogP contribution in [0.15, 0.2) is 42.5 Å². The lowest BCUT2D eigenvalue weighted by molar-refractivity contribution is -0.908. The lowest BCUT2D eigenvalue weighted by atomic mass is 9.98. The number of hydrogen-bond acceptors (Lipinski definition) is 4. The Kier molecular flexibility index (Phi) is 8.06. The predicted octanol–water partition coefficient (Wildman–Crippen LogP) is 1.74. The number of Topliss-reactive ketones (excluding diaryl/α,β-unsaturated/α-hetero) is 1. The minimum Gasteiger partial charge on any atom is -0.490 e. The Balaban J connectivity index is 1.62. The van der Waals surface area contributed by atoms with E-state index in [0.29, 0.717) is 26.2 Å². The molecule has 0 fully saturated rings. The number of hydrogen-bond donors (Lipinski definition) is 2. The minimum atomic E-state index is -0.496. The van der Waals surface area contributed by atoms with E-state index in [1.165, 1.54) is 23.0 Å². The number of amides is 1. The molecule has 1 unspecified atom stereocenters. The predicted molar refractivity (Wildman–Crippen MR) is 120 cm³/mol. The summed E-state index contributed by atoms with van der Waals surface area (Å²) in [5.74, 6) is 1.43. The smallest absolute Gasteiger partial charge is 0.275 e. The molecule has 31 heavy (non-hydrogen) atoms. The number of quaternary nitrogens is 1. The zero-order valence-electron chi connectivity index (χ0n) is 18.7. The summed E-state index contributed by atoms with van der Waals surface area (Å²) >= 11 is 0. The van der Waals surface area contributed by atoms with Crippen LogP contribution >= 0.6 is 0 Å². The highest BCUT2D eigenvalue weighted by Gasteiger charge is 2.26. The van der Waals surface area contributed by atoms with Gasteiger partial charge in [0, 0.05) is 12.0 Å². The summed E-state index contributed by atoms with van der Waals surface area (Å²) in [5.41, 5.74) is 3.48. The first-order valence-corrected chi connectivity index (χ1v) is 11.1. The van der Waals surface area contributed by atoms with Crippen LogP contribution in [0.25, 0.3) is 0 Å². The van der Waals surface area contributed by atoms with Gasteiger partial charge in [-0.1, -0.05) is 30.3 Å². The molecule has 0 aliphatic carbocycles. The molecule has 2 atom stereocenters. The van der Waals surface area contributed by atoms with Crippen LogP contribution in [0, 0.1) is 0 Å². The Labute approximate surface area is 184 Å². The number of rotatable bonds is 10.